The number of fused-ring (bicyclic) bond motifs is 3. The Morgan fingerprint density at radius 3 is 2.09 bits per heavy atom. The number of carbonyl (C=O) groups is 3. The summed E-state index contributed by atoms with van der Waals surface area (Å²) >= 11 is 0. The predicted octanol–water partition coefficient (Wildman–Crippen LogP) is 4.60. The molecule has 2 amide bonds. The van der Waals surface area contributed by atoms with Gasteiger partial charge >= 0.3 is 12.1 Å². The molecule has 0 atom stereocenters. The fourth-order valence-electron chi connectivity index (χ4n) is 6.24. The van der Waals surface area contributed by atoms with Crippen molar-refractivity contribution in [1.29, 1.82) is 0 Å². The number of nitrogens with one attached hydrogen (secondary N) is 2. The zero-order chi connectivity index (χ0) is 24.8. The largest absolute Gasteiger partial charge is 0.481 e. The van der Waals surface area contributed by atoms with Crippen LogP contribution in [0.15, 0.2) is 48.5 Å². The number of alkyl carbamates (subject to hydrolysis) is 1. The van der Waals surface area contributed by atoms with Gasteiger partial charge in [-0.05, 0) is 67.2 Å². The summed E-state index contributed by atoms with van der Waals surface area (Å²) in [5.41, 5.74) is 2.66. The van der Waals surface area contributed by atoms with Crippen LogP contribution in [0.4, 0.5) is 4.79 Å². The molecule has 35 heavy (non-hydrogen) atoms. The van der Waals surface area contributed by atoms with Crippen LogP contribution in [0.3, 0.4) is 0 Å². The second-order valence-electron chi connectivity index (χ2n) is 11.1. The third kappa shape index (κ3) is 4.28. The molecule has 3 N–H and O–H groups in total. The van der Waals surface area contributed by atoms with Crippen LogP contribution in [-0.4, -0.2) is 40.8 Å². The third-order valence-corrected chi connectivity index (χ3v) is 7.93. The van der Waals surface area contributed by atoms with Crippen LogP contribution in [0.5, 0.6) is 0 Å². The highest BCUT2D eigenvalue weighted by molar-refractivity contribution is 5.92. The first-order valence-corrected chi connectivity index (χ1v) is 12.3. The van der Waals surface area contributed by atoms with Crippen LogP contribution in [0, 0.1) is 5.41 Å². The van der Waals surface area contributed by atoms with Gasteiger partial charge in [-0.2, -0.15) is 0 Å². The second kappa shape index (κ2) is 8.40. The minimum absolute atomic E-state index is 0.0632. The normalized spacial score (nSPS) is 19.0. The number of benzene rings is 2. The van der Waals surface area contributed by atoms with E-state index in [2.05, 4.69) is 34.9 Å². The molecule has 3 aliphatic rings. The van der Waals surface area contributed by atoms with Gasteiger partial charge in [-0.25, -0.2) is 4.79 Å². The number of amides is 2. The van der Waals surface area contributed by atoms with Crippen LogP contribution in [-0.2, 0) is 14.3 Å². The van der Waals surface area contributed by atoms with Crippen LogP contribution >= 0.6 is 0 Å². The summed E-state index contributed by atoms with van der Waals surface area (Å²) in [6.07, 6.45) is 3.52. The molecule has 2 fully saturated rings. The highest BCUT2D eigenvalue weighted by Gasteiger charge is 2.62. The van der Waals surface area contributed by atoms with Gasteiger partial charge < -0.3 is 20.5 Å². The quantitative estimate of drug-likeness (QED) is 0.542. The Morgan fingerprint density at radius 1 is 1.00 bits per heavy atom. The lowest BCUT2D eigenvalue weighted by atomic mass is 9.48. The molecule has 2 saturated carbocycles. The monoisotopic (exact) mass is 476 g/mol. The van der Waals surface area contributed by atoms with E-state index in [1.807, 2.05) is 24.3 Å². The van der Waals surface area contributed by atoms with E-state index in [9.17, 15) is 19.5 Å². The summed E-state index contributed by atoms with van der Waals surface area (Å²) in [7, 11) is 0. The Labute approximate surface area is 205 Å². The fourth-order valence-corrected chi connectivity index (χ4v) is 6.24. The number of aliphatic carboxylic acids is 1. The van der Waals surface area contributed by atoms with Crippen molar-refractivity contribution in [2.75, 3.05) is 6.61 Å². The van der Waals surface area contributed by atoms with Crippen LogP contribution < -0.4 is 10.6 Å². The molecule has 1 spiro atoms. The smallest absolute Gasteiger partial charge is 0.408 e. The maximum atomic E-state index is 13.3. The van der Waals surface area contributed by atoms with Gasteiger partial charge in [0, 0.05) is 11.5 Å². The van der Waals surface area contributed by atoms with E-state index in [0.29, 0.717) is 12.8 Å². The first kappa shape index (κ1) is 23.4. The van der Waals surface area contributed by atoms with Crippen LogP contribution in [0.1, 0.15) is 69.4 Å². The standard InChI is InChI=1S/C28H32N2O5/c1-26(2,14-23(31)32)29-24(33)28(16-27(17-28)12-7-13-27)30-25(34)35-15-22-20-10-5-3-8-18(20)19-9-4-6-11-21(19)22/h3-6,8-11,22H,7,12-17H2,1-2H3,(H,29,33)(H,30,34)(H,31,32). The fraction of sp³-hybridized carbons (Fsp3) is 0.464. The van der Waals surface area contributed by atoms with E-state index in [4.69, 9.17) is 4.74 Å². The number of hydrogen-bond donors (Lipinski definition) is 3. The topological polar surface area (TPSA) is 105 Å². The summed E-state index contributed by atoms with van der Waals surface area (Å²) < 4.78 is 5.71. The molecule has 0 unspecified atom stereocenters. The minimum Gasteiger partial charge on any atom is -0.481 e. The third-order valence-electron chi connectivity index (χ3n) is 7.93. The maximum absolute atomic E-state index is 13.3. The number of carbonyl (C=O) groups excluding carboxylic acids is 2. The van der Waals surface area contributed by atoms with Crippen molar-refractivity contribution in [3.63, 3.8) is 0 Å². The second-order valence-corrected chi connectivity index (χ2v) is 11.1. The predicted molar refractivity (Wildman–Crippen MR) is 131 cm³/mol. The van der Waals surface area contributed by atoms with Gasteiger partial charge in [0.15, 0.2) is 0 Å². The van der Waals surface area contributed by atoms with E-state index in [1.165, 1.54) is 0 Å². The van der Waals surface area contributed by atoms with E-state index in [-0.39, 0.29) is 30.3 Å². The lowest BCUT2D eigenvalue weighted by Gasteiger charge is -2.60. The summed E-state index contributed by atoms with van der Waals surface area (Å²) in [5, 5.41) is 14.9. The van der Waals surface area contributed by atoms with Crippen molar-refractivity contribution in [2.24, 2.45) is 5.41 Å². The van der Waals surface area contributed by atoms with Gasteiger partial charge in [0.2, 0.25) is 5.91 Å². The van der Waals surface area contributed by atoms with Crippen LogP contribution in [0.25, 0.3) is 11.1 Å². The number of carboxylic acids is 1. The SMILES string of the molecule is CC(C)(CC(=O)O)NC(=O)C1(NC(=O)OCC2c3ccccc3-c3ccccc32)CC2(CCC2)C1. The summed E-state index contributed by atoms with van der Waals surface area (Å²) in [6, 6.07) is 16.3. The molecule has 7 heteroatoms. The molecule has 2 aromatic carbocycles. The first-order chi connectivity index (χ1) is 16.6. The molecule has 2 aromatic rings. The molecule has 0 saturated heterocycles. The van der Waals surface area contributed by atoms with Gasteiger partial charge in [-0.15, -0.1) is 0 Å². The minimum atomic E-state index is -1.07. The van der Waals surface area contributed by atoms with Gasteiger partial charge in [0.25, 0.3) is 0 Å². The van der Waals surface area contributed by atoms with Gasteiger partial charge in [-0.1, -0.05) is 55.0 Å². The first-order valence-electron chi connectivity index (χ1n) is 12.3. The highest BCUT2D eigenvalue weighted by Crippen LogP contribution is 2.60. The Hall–Kier alpha value is -3.35. The van der Waals surface area contributed by atoms with E-state index >= 15 is 0 Å². The Morgan fingerprint density at radius 2 is 1.57 bits per heavy atom. The zero-order valence-electron chi connectivity index (χ0n) is 20.2. The van der Waals surface area contributed by atoms with Gasteiger partial charge in [0.1, 0.15) is 12.1 Å². The summed E-state index contributed by atoms with van der Waals surface area (Å²) in [6.45, 7) is 3.53. The number of rotatable bonds is 7. The van der Waals surface area contributed by atoms with Crippen molar-refractivity contribution in [3.05, 3.63) is 59.7 Å². The van der Waals surface area contributed by atoms with Crippen LogP contribution in [0.2, 0.25) is 0 Å². The molecule has 0 aliphatic heterocycles. The maximum Gasteiger partial charge on any atom is 0.408 e. The average molecular weight is 477 g/mol. The van der Waals surface area contributed by atoms with E-state index in [1.54, 1.807) is 13.8 Å². The summed E-state index contributed by atoms with van der Waals surface area (Å²) in [4.78, 5) is 37.5. The number of carboxylic acid groups (broad SMARTS) is 1. The summed E-state index contributed by atoms with van der Waals surface area (Å²) in [5.74, 6) is -1.39. The molecule has 5 rings (SSSR count). The molecule has 3 aliphatic carbocycles. The number of ether oxygens (including phenoxy) is 1. The Kier molecular flexibility index (Phi) is 5.61. The Bertz CT molecular complexity index is 1130. The molecule has 7 nitrogen and oxygen atoms in total. The molecule has 0 aromatic heterocycles. The lowest BCUT2D eigenvalue weighted by Crippen LogP contribution is -2.72. The van der Waals surface area contributed by atoms with Crippen molar-refractivity contribution in [1.82, 2.24) is 10.6 Å². The van der Waals surface area contributed by atoms with Gasteiger partial charge in [-0.3, -0.25) is 9.59 Å². The molecule has 184 valence electrons. The molecule has 0 bridgehead atoms. The molecule has 0 heterocycles. The highest BCUT2D eigenvalue weighted by atomic mass is 16.5. The number of hydrogen-bond acceptors (Lipinski definition) is 4. The lowest BCUT2D eigenvalue weighted by molar-refractivity contribution is -0.147. The average Bonchev–Trinajstić information content (AvgIpc) is 3.05. The van der Waals surface area contributed by atoms with Crippen molar-refractivity contribution < 1.29 is 24.2 Å². The van der Waals surface area contributed by atoms with Crippen molar-refractivity contribution >= 4 is 18.0 Å². The Balaban J connectivity index is 1.28. The molecule has 0 radical (unpaired) electrons. The molecular formula is C28H32N2O5. The molecular weight excluding hydrogens is 444 g/mol. The zero-order valence-corrected chi connectivity index (χ0v) is 20.2. The van der Waals surface area contributed by atoms with E-state index in [0.717, 1.165) is 41.5 Å². The van der Waals surface area contributed by atoms with E-state index < -0.39 is 23.1 Å². The van der Waals surface area contributed by atoms with Crippen molar-refractivity contribution in [3.8, 4) is 11.1 Å². The van der Waals surface area contributed by atoms with Crippen molar-refractivity contribution in [2.45, 2.75) is 69.4 Å². The van der Waals surface area contributed by atoms with Gasteiger partial charge in [0.05, 0.1) is 6.42 Å².